The van der Waals surface area contributed by atoms with Gasteiger partial charge in [0.05, 0.1) is 23.2 Å². The van der Waals surface area contributed by atoms with Crippen LogP contribution in [0.15, 0.2) is 46.4 Å². The van der Waals surface area contributed by atoms with Gasteiger partial charge in [0, 0.05) is 23.7 Å². The van der Waals surface area contributed by atoms with Gasteiger partial charge in [-0.2, -0.15) is 0 Å². The van der Waals surface area contributed by atoms with Crippen LogP contribution in [0.25, 0.3) is 5.76 Å². The number of phenols is 1. The number of hydrogen-bond acceptors (Lipinski definition) is 5. The molecule has 1 saturated heterocycles. The van der Waals surface area contributed by atoms with Gasteiger partial charge in [0.15, 0.2) is 0 Å². The average Bonchev–Trinajstić information content (AvgIpc) is 2.94. The molecule has 2 N–H and O–H groups in total. The van der Waals surface area contributed by atoms with Gasteiger partial charge in [0.25, 0.3) is 11.7 Å². The fourth-order valence-corrected chi connectivity index (χ4v) is 3.72. The van der Waals surface area contributed by atoms with Crippen molar-refractivity contribution in [1.29, 1.82) is 0 Å². The topological polar surface area (TPSA) is 87.1 Å². The number of aryl methyl sites for hydroxylation is 1. The molecule has 0 spiro atoms. The van der Waals surface area contributed by atoms with Crippen LogP contribution in [-0.2, 0) is 14.3 Å². The van der Waals surface area contributed by atoms with Crippen molar-refractivity contribution in [2.45, 2.75) is 13.0 Å². The van der Waals surface area contributed by atoms with E-state index in [0.29, 0.717) is 11.1 Å². The molecule has 0 aromatic heterocycles. The first-order valence-corrected chi connectivity index (χ1v) is 9.95. The van der Waals surface area contributed by atoms with E-state index in [9.17, 15) is 19.8 Å². The molecule has 1 fully saturated rings. The van der Waals surface area contributed by atoms with Gasteiger partial charge in [-0.25, -0.2) is 0 Å². The van der Waals surface area contributed by atoms with Crippen LogP contribution in [-0.4, -0.2) is 47.1 Å². The molecular weight excluding hydrogens is 462 g/mol. The van der Waals surface area contributed by atoms with E-state index in [2.05, 4.69) is 15.9 Å². The van der Waals surface area contributed by atoms with Crippen molar-refractivity contribution in [3.8, 4) is 5.75 Å². The molecule has 6 nitrogen and oxygen atoms in total. The molecule has 152 valence electrons. The summed E-state index contributed by atoms with van der Waals surface area (Å²) in [6.45, 7) is 2.22. The molecular formula is C21H19BrClNO5. The fraction of sp³-hybridized carbons (Fsp3) is 0.238. The first-order valence-electron chi connectivity index (χ1n) is 8.78. The molecule has 1 heterocycles. The third-order valence-electron chi connectivity index (χ3n) is 4.80. The summed E-state index contributed by atoms with van der Waals surface area (Å²) in [6.07, 6.45) is 0. The number of hydrogen-bond donors (Lipinski definition) is 2. The standard InChI is InChI=1S/C21H19BrClNO5/c1-11-9-13(3-5-14(11)22)19(26)17-18(12-4-6-16(25)15(23)10-12)24(7-8-29-2)21(28)20(17)27/h3-6,9-10,18,25-26H,7-8H2,1-2H3/b19-17-. The number of halogens is 2. The number of aliphatic hydroxyl groups excluding tert-OH is 1. The van der Waals surface area contributed by atoms with Gasteiger partial charge in [-0.15, -0.1) is 0 Å². The largest absolute Gasteiger partial charge is 0.507 e. The minimum absolute atomic E-state index is 0.0328. The van der Waals surface area contributed by atoms with Crippen LogP contribution in [0.2, 0.25) is 5.02 Å². The maximum atomic E-state index is 12.8. The van der Waals surface area contributed by atoms with Crippen molar-refractivity contribution >= 4 is 45.0 Å². The Bertz CT molecular complexity index is 1020. The van der Waals surface area contributed by atoms with E-state index in [4.69, 9.17) is 16.3 Å². The zero-order chi connectivity index (χ0) is 21.3. The zero-order valence-corrected chi connectivity index (χ0v) is 18.1. The van der Waals surface area contributed by atoms with Crippen molar-refractivity contribution < 1.29 is 24.5 Å². The predicted molar refractivity (Wildman–Crippen MR) is 113 cm³/mol. The molecule has 29 heavy (non-hydrogen) atoms. The number of rotatable bonds is 5. The molecule has 0 saturated carbocycles. The number of Topliss-reactive ketones (excluding diaryl/α,β-unsaturated/α-hetero) is 1. The van der Waals surface area contributed by atoms with Gasteiger partial charge in [-0.1, -0.05) is 39.7 Å². The van der Waals surface area contributed by atoms with Crippen molar-refractivity contribution in [3.05, 3.63) is 68.2 Å². The third-order valence-corrected chi connectivity index (χ3v) is 5.99. The Morgan fingerprint density at radius 2 is 1.97 bits per heavy atom. The Balaban J connectivity index is 2.20. The number of aromatic hydroxyl groups is 1. The highest BCUT2D eigenvalue weighted by Crippen LogP contribution is 2.41. The lowest BCUT2D eigenvalue weighted by atomic mass is 9.95. The summed E-state index contributed by atoms with van der Waals surface area (Å²) in [4.78, 5) is 26.9. The fourth-order valence-electron chi connectivity index (χ4n) is 3.29. The second-order valence-electron chi connectivity index (χ2n) is 6.66. The number of ketones is 1. The normalized spacial score (nSPS) is 18.5. The number of benzene rings is 2. The lowest BCUT2D eigenvalue weighted by Crippen LogP contribution is -2.32. The van der Waals surface area contributed by atoms with E-state index >= 15 is 0 Å². The number of ether oxygens (including phenoxy) is 1. The molecule has 3 rings (SSSR count). The van der Waals surface area contributed by atoms with Crippen molar-refractivity contribution in [1.82, 2.24) is 4.90 Å². The molecule has 1 atom stereocenters. The Kier molecular flexibility index (Phi) is 6.31. The minimum Gasteiger partial charge on any atom is -0.507 e. The molecule has 2 aromatic rings. The van der Waals surface area contributed by atoms with Gasteiger partial charge in [-0.3, -0.25) is 9.59 Å². The smallest absolute Gasteiger partial charge is 0.295 e. The van der Waals surface area contributed by atoms with Crippen LogP contribution >= 0.6 is 27.5 Å². The van der Waals surface area contributed by atoms with E-state index in [1.807, 2.05) is 6.92 Å². The summed E-state index contributed by atoms with van der Waals surface area (Å²) in [5, 5.41) is 20.8. The number of phenolic OH excluding ortho intramolecular Hbond substituents is 1. The summed E-state index contributed by atoms with van der Waals surface area (Å²) >= 11 is 9.46. The van der Waals surface area contributed by atoms with Crippen LogP contribution in [0.4, 0.5) is 0 Å². The molecule has 1 unspecified atom stereocenters. The van der Waals surface area contributed by atoms with E-state index in [1.54, 1.807) is 24.3 Å². The van der Waals surface area contributed by atoms with Crippen LogP contribution in [0.5, 0.6) is 5.75 Å². The minimum atomic E-state index is -0.854. The molecule has 1 aliphatic rings. The number of carbonyl (C=O) groups excluding carboxylic acids is 2. The first-order chi connectivity index (χ1) is 13.8. The van der Waals surface area contributed by atoms with E-state index in [-0.39, 0.29) is 35.3 Å². The number of methoxy groups -OCH3 is 1. The van der Waals surface area contributed by atoms with E-state index < -0.39 is 17.7 Å². The summed E-state index contributed by atoms with van der Waals surface area (Å²) in [5.41, 5.74) is 1.75. The summed E-state index contributed by atoms with van der Waals surface area (Å²) in [6, 6.07) is 8.73. The van der Waals surface area contributed by atoms with Crippen LogP contribution in [0, 0.1) is 6.92 Å². The Hall–Kier alpha value is -2.35. The number of nitrogens with zero attached hydrogens (tertiary/aromatic N) is 1. The Labute approximate surface area is 181 Å². The van der Waals surface area contributed by atoms with Crippen LogP contribution < -0.4 is 0 Å². The molecule has 8 heteroatoms. The van der Waals surface area contributed by atoms with E-state index in [0.717, 1.165) is 10.0 Å². The number of carbonyl (C=O) groups is 2. The molecule has 1 amide bonds. The molecule has 1 aliphatic heterocycles. The lowest BCUT2D eigenvalue weighted by Gasteiger charge is -2.25. The predicted octanol–water partition coefficient (Wildman–Crippen LogP) is 4.18. The summed E-state index contributed by atoms with van der Waals surface area (Å²) in [7, 11) is 1.49. The first kappa shape index (κ1) is 21.4. The lowest BCUT2D eigenvalue weighted by molar-refractivity contribution is -0.140. The van der Waals surface area contributed by atoms with Gasteiger partial charge < -0.3 is 19.8 Å². The Morgan fingerprint density at radius 1 is 1.24 bits per heavy atom. The van der Waals surface area contributed by atoms with Crippen LogP contribution in [0.3, 0.4) is 0 Å². The van der Waals surface area contributed by atoms with Crippen molar-refractivity contribution in [2.75, 3.05) is 20.3 Å². The summed E-state index contributed by atoms with van der Waals surface area (Å²) < 4.78 is 5.93. The van der Waals surface area contributed by atoms with Gasteiger partial charge >= 0.3 is 0 Å². The molecule has 0 radical (unpaired) electrons. The molecule has 2 aromatic carbocycles. The molecule has 0 aliphatic carbocycles. The van der Waals surface area contributed by atoms with Crippen molar-refractivity contribution in [2.24, 2.45) is 0 Å². The highest BCUT2D eigenvalue weighted by atomic mass is 79.9. The van der Waals surface area contributed by atoms with Gasteiger partial charge in [0.1, 0.15) is 11.5 Å². The highest BCUT2D eigenvalue weighted by Gasteiger charge is 2.46. The molecule has 0 bridgehead atoms. The summed E-state index contributed by atoms with van der Waals surface area (Å²) in [5.74, 6) is -1.90. The quantitative estimate of drug-likeness (QED) is 0.381. The zero-order valence-electron chi connectivity index (χ0n) is 15.8. The second kappa shape index (κ2) is 8.57. The maximum absolute atomic E-state index is 12.8. The number of likely N-dealkylation sites (tertiary alicyclic amines) is 1. The second-order valence-corrected chi connectivity index (χ2v) is 7.92. The van der Waals surface area contributed by atoms with Crippen LogP contribution in [0.1, 0.15) is 22.7 Å². The third kappa shape index (κ3) is 4.03. The van der Waals surface area contributed by atoms with Gasteiger partial charge in [-0.05, 0) is 42.3 Å². The van der Waals surface area contributed by atoms with E-state index in [1.165, 1.54) is 24.1 Å². The Morgan fingerprint density at radius 3 is 2.59 bits per heavy atom. The monoisotopic (exact) mass is 479 g/mol. The number of amides is 1. The van der Waals surface area contributed by atoms with Gasteiger partial charge in [0.2, 0.25) is 0 Å². The average molecular weight is 481 g/mol. The maximum Gasteiger partial charge on any atom is 0.295 e. The van der Waals surface area contributed by atoms with Crippen molar-refractivity contribution in [3.63, 3.8) is 0 Å². The number of aliphatic hydroxyl groups is 1. The highest BCUT2D eigenvalue weighted by molar-refractivity contribution is 9.10. The SMILES string of the molecule is COCCN1C(=O)C(=O)/C(=C(\O)c2ccc(Br)c(C)c2)C1c1ccc(O)c(Cl)c1.